The highest BCUT2D eigenvalue weighted by Gasteiger charge is 2.41. The van der Waals surface area contributed by atoms with Gasteiger partial charge >= 0.3 is 11.9 Å². The van der Waals surface area contributed by atoms with Crippen molar-refractivity contribution in [2.75, 3.05) is 60.8 Å². The molecule has 2 aliphatic rings. The van der Waals surface area contributed by atoms with Crippen molar-refractivity contribution in [3.63, 3.8) is 0 Å². The first kappa shape index (κ1) is 28.9. The third-order valence-corrected chi connectivity index (χ3v) is 5.70. The van der Waals surface area contributed by atoms with Crippen LogP contribution in [0.15, 0.2) is 24.3 Å². The first-order chi connectivity index (χ1) is 17.2. The van der Waals surface area contributed by atoms with Gasteiger partial charge in [-0.2, -0.15) is 0 Å². The molecule has 200 valence electrons. The highest BCUT2D eigenvalue weighted by Crippen LogP contribution is 2.38. The van der Waals surface area contributed by atoms with E-state index in [0.29, 0.717) is 54.8 Å². The van der Waals surface area contributed by atoms with Gasteiger partial charge in [-0.15, -0.1) is 0 Å². The number of likely N-dealkylation sites (tertiary alicyclic amines) is 1. The van der Waals surface area contributed by atoms with Crippen LogP contribution in [0.2, 0.25) is 0 Å². The molecular formula is C24H33NO11. The molecule has 0 radical (unpaired) electrons. The minimum Gasteiger partial charge on any atom is -0.545 e. The van der Waals surface area contributed by atoms with Crippen LogP contribution in [0.25, 0.3) is 0 Å². The average Bonchev–Trinajstić information content (AvgIpc) is 3.33. The van der Waals surface area contributed by atoms with E-state index in [9.17, 15) is 19.5 Å². The van der Waals surface area contributed by atoms with Crippen molar-refractivity contribution in [2.45, 2.75) is 25.0 Å². The molecule has 1 aromatic rings. The van der Waals surface area contributed by atoms with Gasteiger partial charge in [0.15, 0.2) is 17.3 Å². The Morgan fingerprint density at radius 1 is 1.03 bits per heavy atom. The maximum absolute atomic E-state index is 12.4. The van der Waals surface area contributed by atoms with E-state index < -0.39 is 17.9 Å². The van der Waals surface area contributed by atoms with Crippen molar-refractivity contribution in [3.05, 3.63) is 29.8 Å². The number of methoxy groups -OCH3 is 3. The van der Waals surface area contributed by atoms with Crippen LogP contribution in [0.4, 0.5) is 0 Å². The average molecular weight is 512 g/mol. The van der Waals surface area contributed by atoms with E-state index in [4.69, 9.17) is 33.5 Å². The number of esters is 1. The number of aliphatic carboxylic acids is 2. The molecule has 2 aliphatic heterocycles. The summed E-state index contributed by atoms with van der Waals surface area (Å²) in [6.45, 7) is 4.76. The summed E-state index contributed by atoms with van der Waals surface area (Å²) in [6, 6.07) is 3.20. The second-order valence-electron chi connectivity index (χ2n) is 8.00. The van der Waals surface area contributed by atoms with Crippen molar-refractivity contribution >= 4 is 17.9 Å². The second-order valence-corrected chi connectivity index (χ2v) is 8.00. The molecular weight excluding hydrogens is 478 g/mol. The lowest BCUT2D eigenvalue weighted by Crippen LogP contribution is -3.13. The molecule has 0 aromatic heterocycles. The Morgan fingerprint density at radius 3 is 2.06 bits per heavy atom. The van der Waals surface area contributed by atoms with Crippen LogP contribution in [0.5, 0.6) is 17.2 Å². The number of benzene rings is 1. The molecule has 2 N–H and O–H groups in total. The topological polar surface area (TPSA) is 154 Å². The molecule has 3 rings (SSSR count). The third-order valence-electron chi connectivity index (χ3n) is 5.70. The van der Waals surface area contributed by atoms with Crippen LogP contribution in [-0.4, -0.2) is 89.6 Å². The van der Waals surface area contributed by atoms with Gasteiger partial charge in [0.05, 0.1) is 85.2 Å². The maximum Gasteiger partial charge on any atom is 0.338 e. The Kier molecular flexibility index (Phi) is 11.4. The molecule has 2 saturated heterocycles. The fraction of sp³-hybridized carbons (Fsp3) is 0.542. The largest absolute Gasteiger partial charge is 0.545 e. The molecule has 1 spiro atoms. The lowest BCUT2D eigenvalue weighted by Gasteiger charge is -2.35. The standard InChI is InChI=1S/C20H29NO7.C4H4O4/c1-23-16-13-15(14-17(24-2)18(16)25-3)19(22)26-10-4-7-21-8-5-20(6-9-21)27-11-12-28-20;5-3(6)1-2-4(7)8/h13-14H,4-12H2,1-3H3;1-2H,(H,5,6)(H,7,8)/b;2-1+. The molecule has 0 atom stereocenters. The van der Waals surface area contributed by atoms with Crippen molar-refractivity contribution < 1.29 is 57.9 Å². The number of nitrogens with one attached hydrogen (secondary N) is 1. The summed E-state index contributed by atoms with van der Waals surface area (Å²) in [6.07, 6.45) is 3.60. The second kappa shape index (κ2) is 14.3. The van der Waals surface area contributed by atoms with Crippen LogP contribution in [0.3, 0.4) is 0 Å². The zero-order valence-electron chi connectivity index (χ0n) is 20.7. The van der Waals surface area contributed by atoms with Gasteiger partial charge in [0.1, 0.15) is 0 Å². The highest BCUT2D eigenvalue weighted by molar-refractivity contribution is 5.91. The summed E-state index contributed by atoms with van der Waals surface area (Å²) in [5.74, 6) is -2.24. The van der Waals surface area contributed by atoms with E-state index in [0.717, 1.165) is 38.9 Å². The number of hydrogen-bond donors (Lipinski definition) is 2. The van der Waals surface area contributed by atoms with Crippen molar-refractivity contribution in [1.82, 2.24) is 0 Å². The van der Waals surface area contributed by atoms with Crippen molar-refractivity contribution in [3.8, 4) is 17.2 Å². The first-order valence-corrected chi connectivity index (χ1v) is 11.4. The molecule has 2 heterocycles. The number of carboxylic acids is 2. The van der Waals surface area contributed by atoms with Gasteiger partial charge in [-0.25, -0.2) is 9.59 Å². The van der Waals surface area contributed by atoms with Gasteiger partial charge in [-0.3, -0.25) is 0 Å². The quantitative estimate of drug-likeness (QED) is 0.227. The minimum atomic E-state index is -1.51. The van der Waals surface area contributed by atoms with Gasteiger partial charge in [0, 0.05) is 12.5 Å². The zero-order valence-corrected chi connectivity index (χ0v) is 20.7. The van der Waals surface area contributed by atoms with Crippen molar-refractivity contribution in [2.24, 2.45) is 0 Å². The SMILES string of the molecule is COc1cc(C(=O)OCCC[NH+]2CCC3(CC2)OCCO3)cc(OC)c1OC.O=C([O-])/C=C/C(=O)O. The lowest BCUT2D eigenvalue weighted by molar-refractivity contribution is -0.909. The highest BCUT2D eigenvalue weighted by atomic mass is 16.7. The number of quaternary nitrogens is 1. The smallest absolute Gasteiger partial charge is 0.338 e. The van der Waals surface area contributed by atoms with Crippen LogP contribution in [0.1, 0.15) is 29.6 Å². The summed E-state index contributed by atoms with van der Waals surface area (Å²) < 4.78 is 32.8. The Morgan fingerprint density at radius 2 is 1.61 bits per heavy atom. The molecule has 0 aliphatic carbocycles. The molecule has 0 bridgehead atoms. The Balaban J connectivity index is 0.000000493. The molecule has 0 saturated carbocycles. The summed E-state index contributed by atoms with van der Waals surface area (Å²) in [7, 11) is 4.55. The van der Waals surface area contributed by atoms with Crippen LogP contribution >= 0.6 is 0 Å². The summed E-state index contributed by atoms with van der Waals surface area (Å²) in [5, 5.41) is 17.2. The number of carbonyl (C=O) groups is 3. The van der Waals surface area contributed by atoms with Gasteiger partial charge in [-0.1, -0.05) is 0 Å². The number of ether oxygens (including phenoxy) is 6. The van der Waals surface area contributed by atoms with Crippen LogP contribution in [0, 0.1) is 0 Å². The van der Waals surface area contributed by atoms with Gasteiger partial charge in [0.25, 0.3) is 0 Å². The third kappa shape index (κ3) is 8.70. The summed E-state index contributed by atoms with van der Waals surface area (Å²) >= 11 is 0. The molecule has 12 nitrogen and oxygen atoms in total. The number of hydrogen-bond acceptors (Lipinski definition) is 10. The number of piperidine rings is 1. The minimum absolute atomic E-state index is 0.331. The molecule has 1 aromatic carbocycles. The summed E-state index contributed by atoms with van der Waals surface area (Å²) in [4.78, 5) is 32.8. The fourth-order valence-corrected chi connectivity index (χ4v) is 3.93. The predicted molar refractivity (Wildman–Crippen MR) is 122 cm³/mol. The number of carboxylic acid groups (broad SMARTS) is 2. The van der Waals surface area contributed by atoms with E-state index in [1.807, 2.05) is 0 Å². The maximum atomic E-state index is 12.4. The van der Waals surface area contributed by atoms with E-state index in [-0.39, 0.29) is 5.79 Å². The Bertz CT molecular complexity index is 874. The Labute approximate surface area is 209 Å². The zero-order chi connectivity index (χ0) is 26.6. The monoisotopic (exact) mass is 511 g/mol. The van der Waals surface area contributed by atoms with Crippen molar-refractivity contribution in [1.29, 1.82) is 0 Å². The number of carbonyl (C=O) groups excluding carboxylic acids is 2. The molecule has 0 amide bonds. The normalized spacial score (nSPS) is 16.8. The van der Waals surface area contributed by atoms with E-state index in [1.165, 1.54) is 26.2 Å². The molecule has 36 heavy (non-hydrogen) atoms. The molecule has 0 unspecified atom stereocenters. The van der Waals surface area contributed by atoms with Crippen LogP contribution < -0.4 is 24.2 Å². The fourth-order valence-electron chi connectivity index (χ4n) is 3.93. The van der Waals surface area contributed by atoms with Crippen LogP contribution in [-0.2, 0) is 23.8 Å². The summed E-state index contributed by atoms with van der Waals surface area (Å²) in [5.41, 5.74) is 0.372. The first-order valence-electron chi connectivity index (χ1n) is 11.4. The van der Waals surface area contributed by atoms with E-state index >= 15 is 0 Å². The van der Waals surface area contributed by atoms with Gasteiger partial charge in [0.2, 0.25) is 5.75 Å². The number of rotatable bonds is 10. The predicted octanol–water partition coefficient (Wildman–Crippen LogP) is -0.942. The van der Waals surface area contributed by atoms with Gasteiger partial charge < -0.3 is 48.3 Å². The van der Waals surface area contributed by atoms with Gasteiger partial charge in [-0.05, 0) is 18.2 Å². The molecule has 12 heteroatoms. The Hall–Kier alpha value is -3.35. The van der Waals surface area contributed by atoms with E-state index in [1.54, 1.807) is 12.1 Å². The van der Waals surface area contributed by atoms with E-state index in [2.05, 4.69) is 0 Å². The lowest BCUT2D eigenvalue weighted by atomic mass is 10.0. The molecule has 2 fully saturated rings.